The zero-order valence-corrected chi connectivity index (χ0v) is 15.7. The van der Waals surface area contributed by atoms with E-state index in [2.05, 4.69) is 40.8 Å². The van der Waals surface area contributed by atoms with Crippen molar-refractivity contribution in [1.82, 2.24) is 0 Å². The molecule has 0 saturated heterocycles. The highest BCUT2D eigenvalue weighted by atomic mass is 28.4. The molecule has 0 aromatic heterocycles. The molecule has 0 N–H and O–H groups in total. The first-order chi connectivity index (χ1) is 8.66. The first kappa shape index (κ1) is 17.7. The topological polar surface area (TPSA) is 35.5 Å². The largest absolute Gasteiger partial charge is 0.462 e. The molecule has 0 bridgehead atoms. The van der Waals surface area contributed by atoms with E-state index in [-0.39, 0.29) is 22.7 Å². The van der Waals surface area contributed by atoms with Gasteiger partial charge in [0, 0.05) is 12.8 Å². The Hall–Kier alpha value is -0.353. The maximum atomic E-state index is 11.9. The Kier molecular flexibility index (Phi) is 4.54. The third-order valence-electron chi connectivity index (χ3n) is 4.51. The number of carbonyl (C=O) groups excluding carboxylic acids is 1. The first-order valence-electron chi connectivity index (χ1n) is 7.58. The lowest BCUT2D eigenvalue weighted by atomic mass is 9.79. The lowest BCUT2D eigenvalue weighted by Gasteiger charge is -2.51. The van der Waals surface area contributed by atoms with Gasteiger partial charge in [-0.25, -0.2) is 0 Å². The van der Waals surface area contributed by atoms with Crippen LogP contribution in [0.1, 0.15) is 61.3 Å². The summed E-state index contributed by atoms with van der Waals surface area (Å²) in [7, 11) is -1.76. The molecule has 0 atom stereocenters. The van der Waals surface area contributed by atoms with E-state index in [0.29, 0.717) is 0 Å². The fourth-order valence-electron chi connectivity index (χ4n) is 2.17. The number of carbonyl (C=O) groups is 1. The fraction of sp³-hybridized carbons (Fsp3) is 0.938. The minimum atomic E-state index is -1.76. The van der Waals surface area contributed by atoms with Crippen LogP contribution in [0.15, 0.2) is 0 Å². The molecular weight excluding hydrogens is 268 g/mol. The molecule has 0 radical (unpaired) electrons. The Balaban J connectivity index is 2.53. The van der Waals surface area contributed by atoms with E-state index in [1.54, 1.807) is 0 Å². The molecule has 0 spiro atoms. The minimum Gasteiger partial charge on any atom is -0.462 e. The van der Waals surface area contributed by atoms with Crippen molar-refractivity contribution in [3.05, 3.63) is 0 Å². The van der Waals surface area contributed by atoms with Crippen LogP contribution in [-0.4, -0.2) is 26.0 Å². The van der Waals surface area contributed by atoms with Crippen LogP contribution in [0.25, 0.3) is 0 Å². The van der Waals surface area contributed by atoms with Gasteiger partial charge < -0.3 is 9.16 Å². The summed E-state index contributed by atoms with van der Waals surface area (Å²) in [5.41, 5.74) is -0.544. The van der Waals surface area contributed by atoms with Gasteiger partial charge >= 0.3 is 5.97 Å². The second-order valence-electron chi connectivity index (χ2n) is 9.00. The standard InChI is InChI=1S/C16H32O3Si/c1-14(2,3)13(17)18-12-10-16(7,11-12)19-20(8,9)15(4,5)6/h12H,10-11H2,1-9H3. The molecule has 0 heterocycles. The van der Waals surface area contributed by atoms with Crippen molar-refractivity contribution in [3.8, 4) is 0 Å². The molecule has 1 aliphatic carbocycles. The van der Waals surface area contributed by atoms with Crippen LogP contribution in [0, 0.1) is 5.41 Å². The van der Waals surface area contributed by atoms with Crippen LogP contribution < -0.4 is 0 Å². The summed E-state index contributed by atoms with van der Waals surface area (Å²) in [6.07, 6.45) is 1.67. The summed E-state index contributed by atoms with van der Waals surface area (Å²) in [6, 6.07) is 0. The highest BCUT2D eigenvalue weighted by Crippen LogP contribution is 2.46. The van der Waals surface area contributed by atoms with E-state index in [1.807, 2.05) is 20.8 Å². The van der Waals surface area contributed by atoms with E-state index < -0.39 is 13.7 Å². The zero-order chi connectivity index (χ0) is 16.0. The van der Waals surface area contributed by atoms with Gasteiger partial charge in [-0.3, -0.25) is 4.79 Å². The van der Waals surface area contributed by atoms with Crippen molar-refractivity contribution in [2.45, 2.75) is 91.1 Å². The number of rotatable bonds is 3. The van der Waals surface area contributed by atoms with Crippen molar-refractivity contribution in [2.24, 2.45) is 5.41 Å². The second-order valence-corrected chi connectivity index (χ2v) is 13.7. The molecule has 0 amide bonds. The average Bonchev–Trinajstić information content (AvgIpc) is 2.10. The second kappa shape index (κ2) is 5.13. The molecule has 1 rings (SSSR count). The molecule has 1 saturated carbocycles. The monoisotopic (exact) mass is 300 g/mol. The van der Waals surface area contributed by atoms with Gasteiger partial charge in [0.05, 0.1) is 11.0 Å². The lowest BCUT2D eigenvalue weighted by molar-refractivity contribution is -0.176. The van der Waals surface area contributed by atoms with Crippen molar-refractivity contribution in [2.75, 3.05) is 0 Å². The molecule has 0 aromatic rings. The van der Waals surface area contributed by atoms with Crippen molar-refractivity contribution in [3.63, 3.8) is 0 Å². The maximum absolute atomic E-state index is 11.9. The maximum Gasteiger partial charge on any atom is 0.311 e. The number of hydrogen-bond donors (Lipinski definition) is 0. The Labute approximate surface area is 125 Å². The summed E-state index contributed by atoms with van der Waals surface area (Å²) >= 11 is 0. The Morgan fingerprint density at radius 2 is 1.55 bits per heavy atom. The molecule has 4 heteroatoms. The van der Waals surface area contributed by atoms with Gasteiger partial charge in [0.1, 0.15) is 6.10 Å². The summed E-state index contributed by atoms with van der Waals surface area (Å²) < 4.78 is 12.0. The predicted octanol–water partition coefficient (Wildman–Crippen LogP) is 4.52. The Morgan fingerprint density at radius 1 is 1.10 bits per heavy atom. The fourth-order valence-corrected chi connectivity index (χ4v) is 3.87. The van der Waals surface area contributed by atoms with Crippen LogP contribution in [0.2, 0.25) is 18.1 Å². The van der Waals surface area contributed by atoms with Gasteiger partial charge in [-0.1, -0.05) is 20.8 Å². The Morgan fingerprint density at radius 3 is 1.90 bits per heavy atom. The van der Waals surface area contributed by atoms with Gasteiger partial charge in [0.25, 0.3) is 0 Å². The highest BCUT2D eigenvalue weighted by Gasteiger charge is 2.50. The highest BCUT2D eigenvalue weighted by molar-refractivity contribution is 6.74. The lowest BCUT2D eigenvalue weighted by Crippen LogP contribution is -2.56. The van der Waals surface area contributed by atoms with Crippen LogP contribution in [0.5, 0.6) is 0 Å². The van der Waals surface area contributed by atoms with E-state index in [0.717, 1.165) is 12.8 Å². The van der Waals surface area contributed by atoms with Gasteiger partial charge in [0.15, 0.2) is 8.32 Å². The molecule has 3 nitrogen and oxygen atoms in total. The molecule has 0 unspecified atom stereocenters. The quantitative estimate of drug-likeness (QED) is 0.568. The van der Waals surface area contributed by atoms with Gasteiger partial charge in [-0.15, -0.1) is 0 Å². The van der Waals surface area contributed by atoms with E-state index in [9.17, 15) is 4.79 Å². The van der Waals surface area contributed by atoms with E-state index in [4.69, 9.17) is 9.16 Å². The van der Waals surface area contributed by atoms with Crippen LogP contribution in [-0.2, 0) is 14.0 Å². The molecule has 0 aromatic carbocycles. The van der Waals surface area contributed by atoms with E-state index in [1.165, 1.54) is 0 Å². The zero-order valence-electron chi connectivity index (χ0n) is 14.7. The number of hydrogen-bond acceptors (Lipinski definition) is 3. The molecular formula is C16H32O3Si. The molecule has 0 aliphatic heterocycles. The third-order valence-corrected chi connectivity index (χ3v) is 9.13. The molecule has 1 fully saturated rings. The first-order valence-corrected chi connectivity index (χ1v) is 10.5. The van der Waals surface area contributed by atoms with Gasteiger partial charge in [-0.05, 0) is 45.8 Å². The predicted molar refractivity (Wildman–Crippen MR) is 85.3 cm³/mol. The third kappa shape index (κ3) is 4.07. The number of ether oxygens (including phenoxy) is 1. The Bertz CT molecular complexity index is 368. The summed E-state index contributed by atoms with van der Waals surface area (Å²) in [6.45, 7) is 19.1. The minimum absolute atomic E-state index is 0.0245. The number of esters is 1. The molecule has 1 aliphatic rings. The van der Waals surface area contributed by atoms with Crippen LogP contribution in [0.3, 0.4) is 0 Å². The summed E-state index contributed by atoms with van der Waals surface area (Å²) in [4.78, 5) is 11.9. The van der Waals surface area contributed by atoms with Crippen molar-refractivity contribution in [1.29, 1.82) is 0 Å². The SMILES string of the molecule is CC1(O[Si](C)(C)C(C)(C)C)CC(OC(=O)C(C)(C)C)C1. The molecule has 20 heavy (non-hydrogen) atoms. The van der Waals surface area contributed by atoms with Gasteiger partial charge in [-0.2, -0.15) is 0 Å². The average molecular weight is 301 g/mol. The van der Waals surface area contributed by atoms with Gasteiger partial charge in [0.2, 0.25) is 0 Å². The van der Waals surface area contributed by atoms with Crippen LogP contribution >= 0.6 is 0 Å². The summed E-state index contributed by atoms with van der Waals surface area (Å²) in [5.74, 6) is -0.114. The van der Waals surface area contributed by atoms with E-state index >= 15 is 0 Å². The normalized spacial score (nSPS) is 27.9. The smallest absolute Gasteiger partial charge is 0.311 e. The van der Waals surface area contributed by atoms with Crippen molar-refractivity contribution >= 4 is 14.3 Å². The molecule has 118 valence electrons. The van der Waals surface area contributed by atoms with Crippen LogP contribution in [0.4, 0.5) is 0 Å². The van der Waals surface area contributed by atoms with Crippen molar-refractivity contribution < 1.29 is 14.0 Å². The summed E-state index contributed by atoms with van der Waals surface area (Å²) in [5, 5.41) is 0.211.